The zero-order valence-corrected chi connectivity index (χ0v) is 69.7. The van der Waals surface area contributed by atoms with Crippen molar-refractivity contribution in [1.82, 2.24) is 85.1 Å². The number of unbranched alkanes of at least 4 members (excludes halogenated alkanes) is 2. The molecular formula is C76H123N19O24S. The number of carboxylic acids is 1. The Labute approximate surface area is 700 Å². The summed E-state index contributed by atoms with van der Waals surface area (Å²) < 4.78 is 0. The van der Waals surface area contributed by atoms with Gasteiger partial charge < -0.3 is 138 Å². The molecular weight excluding hydrogens is 1600 g/mol. The molecule has 0 aliphatic carbocycles. The first-order chi connectivity index (χ1) is 56.7. The molecule has 120 heavy (non-hydrogen) atoms. The lowest BCUT2D eigenvalue weighted by molar-refractivity contribution is -0.144. The van der Waals surface area contributed by atoms with Gasteiger partial charge in [0.15, 0.2) is 0 Å². The van der Waals surface area contributed by atoms with E-state index in [2.05, 4.69) is 92.4 Å². The second-order valence-electron chi connectivity index (χ2n) is 29.5. The minimum atomic E-state index is -1.81. The molecule has 44 heteroatoms. The number of rotatable bonds is 56. The van der Waals surface area contributed by atoms with Gasteiger partial charge in [0.2, 0.25) is 94.5 Å². The number of nitrogens with two attached hydrogens (primary N) is 3. The summed E-state index contributed by atoms with van der Waals surface area (Å²) in [5, 5.41) is 109. The summed E-state index contributed by atoms with van der Waals surface area (Å²) >= 11 is 4.22. The molecule has 43 nitrogen and oxygen atoms in total. The summed E-state index contributed by atoms with van der Waals surface area (Å²) in [5.74, 6) is -19.7. The number of aliphatic hydroxyl groups excluding tert-OH is 5. The molecule has 672 valence electrons. The summed E-state index contributed by atoms with van der Waals surface area (Å²) in [6.45, 7) is 8.33. The Balaban J connectivity index is 2.30. The van der Waals surface area contributed by atoms with Gasteiger partial charge in [-0.15, -0.1) is 0 Å². The number of phenols is 1. The van der Waals surface area contributed by atoms with Crippen LogP contribution in [-0.2, 0) is 94.3 Å². The quantitative estimate of drug-likeness (QED) is 0.0216. The molecule has 0 heterocycles. The molecule has 0 aromatic heterocycles. The molecule has 2 aromatic rings. The predicted molar refractivity (Wildman–Crippen MR) is 435 cm³/mol. The zero-order chi connectivity index (χ0) is 90.6. The average Bonchev–Trinajstić information content (AvgIpc) is 0.839. The summed E-state index contributed by atoms with van der Waals surface area (Å²) in [6.07, 6.45) is -0.920. The second kappa shape index (κ2) is 55.2. The topological polar surface area (TPSA) is 702 Å². The van der Waals surface area contributed by atoms with Gasteiger partial charge in [0, 0.05) is 18.6 Å². The first kappa shape index (κ1) is 105. The fourth-order valence-corrected chi connectivity index (χ4v) is 11.7. The molecule has 2 aromatic carbocycles. The Morgan fingerprint density at radius 2 is 0.758 bits per heavy atom. The molecule has 0 radical (unpaired) electrons. The summed E-state index contributed by atoms with van der Waals surface area (Å²) in [7, 11) is 0. The van der Waals surface area contributed by atoms with Crippen molar-refractivity contribution in [2.45, 2.75) is 223 Å². The lowest BCUT2D eigenvalue weighted by Gasteiger charge is -2.29. The zero-order valence-electron chi connectivity index (χ0n) is 68.9. The highest BCUT2D eigenvalue weighted by molar-refractivity contribution is 7.80. The van der Waals surface area contributed by atoms with E-state index < -0.39 is 254 Å². The van der Waals surface area contributed by atoms with Gasteiger partial charge in [-0.25, -0.2) is 4.79 Å². The first-order valence-electron chi connectivity index (χ1n) is 39.4. The third-order valence-corrected chi connectivity index (χ3v) is 19.1. The Hall–Kier alpha value is -10.7. The van der Waals surface area contributed by atoms with E-state index in [-0.39, 0.29) is 76.1 Å². The summed E-state index contributed by atoms with van der Waals surface area (Å²) in [5.41, 5.74) is 17.6. The number of carbonyl (C=O) groups is 17. The van der Waals surface area contributed by atoms with Crippen molar-refractivity contribution in [3.05, 3.63) is 65.7 Å². The highest BCUT2D eigenvalue weighted by Gasteiger charge is 2.39. The highest BCUT2D eigenvalue weighted by atomic mass is 32.1. The molecule has 0 unspecified atom stereocenters. The van der Waals surface area contributed by atoms with Gasteiger partial charge in [0.1, 0.15) is 96.4 Å². The number of carboxylic acid groups (broad SMARTS) is 1. The van der Waals surface area contributed by atoms with Crippen molar-refractivity contribution < 1.29 is 117 Å². The maximum atomic E-state index is 14.5. The minimum absolute atomic E-state index is 0.0357. The number of thiol groups is 1. The maximum absolute atomic E-state index is 14.5. The number of aliphatic hydroxyl groups is 5. The average molecular weight is 1720 g/mol. The number of hydrogen-bond donors (Lipinski definition) is 27. The number of hydrogen-bond acceptors (Lipinski definition) is 27. The van der Waals surface area contributed by atoms with Gasteiger partial charge in [-0.05, 0) is 120 Å². The van der Waals surface area contributed by atoms with Gasteiger partial charge in [0.05, 0.1) is 45.6 Å². The Bertz CT molecular complexity index is 3720. The summed E-state index contributed by atoms with van der Waals surface area (Å²) in [6, 6.07) is -9.63. The van der Waals surface area contributed by atoms with Crippen LogP contribution in [0.2, 0.25) is 0 Å². The molecule has 0 aliphatic heterocycles. The highest BCUT2D eigenvalue weighted by Crippen LogP contribution is 2.17. The van der Waals surface area contributed by atoms with Crippen LogP contribution in [0.1, 0.15) is 125 Å². The van der Waals surface area contributed by atoms with Gasteiger partial charge in [-0.3, -0.25) is 76.7 Å². The molecule has 0 saturated carbocycles. The number of aromatic hydroxyl groups is 1. The molecule has 2 rings (SSSR count). The van der Waals surface area contributed by atoms with Crippen molar-refractivity contribution >= 4 is 113 Å². The van der Waals surface area contributed by atoms with E-state index in [4.69, 9.17) is 17.2 Å². The van der Waals surface area contributed by atoms with Crippen LogP contribution in [0.4, 0.5) is 0 Å². The largest absolute Gasteiger partial charge is 0.508 e. The molecule has 0 bridgehead atoms. The van der Waals surface area contributed by atoms with Crippen molar-refractivity contribution in [3.8, 4) is 5.75 Å². The minimum Gasteiger partial charge on any atom is -0.508 e. The van der Waals surface area contributed by atoms with Gasteiger partial charge >= 0.3 is 5.97 Å². The van der Waals surface area contributed by atoms with E-state index in [1.54, 1.807) is 71.9 Å². The van der Waals surface area contributed by atoms with Crippen LogP contribution in [0.5, 0.6) is 5.75 Å². The number of aliphatic carboxylic acids is 1. The van der Waals surface area contributed by atoms with Gasteiger partial charge in [-0.2, -0.15) is 12.6 Å². The second-order valence-corrected chi connectivity index (χ2v) is 29.8. The third-order valence-electron chi connectivity index (χ3n) is 18.7. The van der Waals surface area contributed by atoms with E-state index in [0.717, 1.165) is 6.92 Å². The van der Waals surface area contributed by atoms with Crippen LogP contribution in [0.25, 0.3) is 0 Å². The fraction of sp³-hybridized carbons (Fsp3) is 0.618. The number of nitrogens with one attached hydrogen (secondary N) is 16. The van der Waals surface area contributed by atoms with E-state index in [1.165, 1.54) is 38.1 Å². The van der Waals surface area contributed by atoms with Crippen LogP contribution in [-0.4, -0.2) is 291 Å². The lowest BCUT2D eigenvalue weighted by atomic mass is 9.96. The Kier molecular flexibility index (Phi) is 48.4. The summed E-state index contributed by atoms with van der Waals surface area (Å²) in [4.78, 5) is 231. The van der Waals surface area contributed by atoms with E-state index in [1.807, 2.05) is 5.32 Å². The Morgan fingerprint density at radius 1 is 0.383 bits per heavy atom. The van der Waals surface area contributed by atoms with Crippen LogP contribution in [0, 0.1) is 17.8 Å². The molecule has 17 atom stereocenters. The lowest BCUT2D eigenvalue weighted by Crippen LogP contribution is -2.62. The molecule has 0 aliphatic rings. The molecule has 29 N–H and O–H groups in total. The normalized spacial score (nSPS) is 15.4. The molecule has 0 spiro atoms. The third kappa shape index (κ3) is 37.3. The van der Waals surface area contributed by atoms with Crippen LogP contribution in [0.3, 0.4) is 0 Å². The van der Waals surface area contributed by atoms with E-state index >= 15 is 0 Å². The van der Waals surface area contributed by atoms with Crippen LogP contribution in [0.15, 0.2) is 54.6 Å². The number of amides is 16. The van der Waals surface area contributed by atoms with Crippen molar-refractivity contribution in [2.24, 2.45) is 35.0 Å². The first-order valence-corrected chi connectivity index (χ1v) is 40.0. The standard InChI is InChI=1S/C76H123N19O24S/c1-10-40(6)60(74(116)87-51(29-44-18-12-11-13-19-44)69(111)95-61(43(9)100)75(117)91-55(36-99)76(118)119)94-68(110)50(30-45-22-24-46(101)25-23-45)83-58(103)32-80-64(106)52(33-96)88-63(105)42(8)82-65(107)47(20-14-16-26-77)84-72(114)56(37-120)92-70(112)53(34-97)90-67(109)49(28-38(2)3)86-66(108)48(21-15-17-27-78)85-73(115)59(39(4)5)93-71(113)54(35-98)89-62(104)41(7)81-57(102)31-79/h11-13,18-19,22-25,38-43,47-56,59-61,96-101,120H,10,14-17,20-21,26-37,77-79H2,1-9H3,(H,80,106)(H,81,102)(H,82,107)(H,83,103)(H,84,114)(H,85,115)(H,86,108)(H,87,116)(H,88,105)(H,89,104)(H,90,109)(H,91,117)(H,92,112)(H,93,113)(H,94,110)(H,95,111)(H,118,119)/t40-,41-,42-,43+,47-,48-,49-,50-,51-,52-,53-,54-,55-,56-,59-,60-,61-/m0/s1. The van der Waals surface area contributed by atoms with Crippen molar-refractivity contribution in [1.29, 1.82) is 0 Å². The number of benzene rings is 2. The fourth-order valence-electron chi connectivity index (χ4n) is 11.5. The van der Waals surface area contributed by atoms with Crippen LogP contribution < -0.4 is 102 Å². The smallest absolute Gasteiger partial charge is 0.328 e. The maximum Gasteiger partial charge on any atom is 0.328 e. The number of phenolic OH excluding ortho intramolecular Hbond substituents is 1. The monoisotopic (exact) mass is 1720 g/mol. The SMILES string of the molecule is CC[C@H](C)[C@H](NC(=O)[C@H](Cc1ccc(O)cc1)NC(=O)CNC(=O)[C@H](CO)NC(=O)[C@H](C)NC(=O)[C@H](CCCCN)NC(=O)[C@H](CS)NC(=O)[C@H](CO)NC(=O)[C@H](CC(C)C)NC(=O)[C@H](CCCCN)NC(=O)[C@@H](NC(=O)[C@H](CO)NC(=O)[C@H](C)NC(=O)CN)C(C)C)C(=O)N[C@@H](Cc1ccccc1)C(=O)N[C@H](C(=O)N[C@@H](CO)C(=O)O)[C@@H](C)O. The van der Waals surface area contributed by atoms with Gasteiger partial charge in [-0.1, -0.05) is 90.4 Å². The van der Waals surface area contributed by atoms with Crippen LogP contribution >= 0.6 is 12.6 Å². The van der Waals surface area contributed by atoms with E-state index in [9.17, 15) is 117 Å². The predicted octanol–water partition coefficient (Wildman–Crippen LogP) is -9.07. The van der Waals surface area contributed by atoms with Gasteiger partial charge in [0.25, 0.3) is 0 Å². The molecule has 16 amide bonds. The molecule has 0 saturated heterocycles. The number of carbonyl (C=O) groups excluding carboxylic acids is 16. The van der Waals surface area contributed by atoms with Crippen molar-refractivity contribution in [3.63, 3.8) is 0 Å². The van der Waals surface area contributed by atoms with Crippen molar-refractivity contribution in [2.75, 3.05) is 58.4 Å². The Morgan fingerprint density at radius 3 is 1.23 bits per heavy atom. The van der Waals surface area contributed by atoms with E-state index in [0.29, 0.717) is 24.0 Å². The molecule has 0 fully saturated rings.